The fraction of sp³-hybridized carbons (Fsp3) is 0.222. The smallest absolute Gasteiger partial charge is 0.338 e. The summed E-state index contributed by atoms with van der Waals surface area (Å²) < 4.78 is 31.2. The fourth-order valence-corrected chi connectivity index (χ4v) is 3.43. The van der Waals surface area contributed by atoms with Crippen LogP contribution < -0.4 is 4.72 Å². The molecule has 0 fully saturated rings. The van der Waals surface area contributed by atoms with Gasteiger partial charge in [-0.1, -0.05) is 41.4 Å². The van der Waals surface area contributed by atoms with Gasteiger partial charge in [-0.3, -0.25) is 4.79 Å². The molecule has 138 valence electrons. The summed E-state index contributed by atoms with van der Waals surface area (Å²) in [4.78, 5) is 24.4. The summed E-state index contributed by atoms with van der Waals surface area (Å²) in [5, 5.41) is -0.0281. The lowest BCUT2D eigenvalue weighted by Gasteiger charge is -2.13. The van der Waals surface area contributed by atoms with Crippen molar-refractivity contribution in [3.63, 3.8) is 0 Å². The maximum atomic E-state index is 12.3. The first-order valence-electron chi connectivity index (χ1n) is 7.70. The second-order valence-corrected chi connectivity index (χ2v) is 7.89. The molecule has 0 unspecified atom stereocenters. The van der Waals surface area contributed by atoms with Gasteiger partial charge in [-0.05, 0) is 39.1 Å². The van der Waals surface area contributed by atoms with Crippen molar-refractivity contribution in [3.8, 4) is 0 Å². The van der Waals surface area contributed by atoms with Gasteiger partial charge in [-0.25, -0.2) is 17.9 Å². The lowest BCUT2D eigenvalue weighted by Crippen LogP contribution is -2.25. The Morgan fingerprint density at radius 2 is 1.65 bits per heavy atom. The Hall–Kier alpha value is -2.22. The number of carbonyl (C=O) groups is 2. The quantitative estimate of drug-likeness (QED) is 0.599. The minimum Gasteiger partial charge on any atom is -0.451 e. The molecule has 6 nitrogen and oxygen atoms in total. The SMILES string of the molecule is CNS(=O)(=O)c1cc(C(=O)O[C@H](C)C(=O)c2ccc(C)cc2)ccc1Cl. The summed E-state index contributed by atoms with van der Waals surface area (Å²) in [6, 6.07) is 10.6. The molecule has 1 atom stereocenters. The van der Waals surface area contributed by atoms with Crippen LogP contribution in [0, 0.1) is 6.92 Å². The molecule has 0 amide bonds. The fourth-order valence-electron chi connectivity index (χ4n) is 2.18. The van der Waals surface area contributed by atoms with E-state index >= 15 is 0 Å². The third-order valence-corrected chi connectivity index (χ3v) is 5.61. The molecule has 0 aliphatic carbocycles. The van der Waals surface area contributed by atoms with Crippen LogP contribution in [0.3, 0.4) is 0 Å². The van der Waals surface area contributed by atoms with E-state index in [9.17, 15) is 18.0 Å². The van der Waals surface area contributed by atoms with Crippen molar-refractivity contribution in [1.29, 1.82) is 0 Å². The monoisotopic (exact) mass is 395 g/mol. The van der Waals surface area contributed by atoms with Crippen LogP contribution in [0.1, 0.15) is 33.2 Å². The van der Waals surface area contributed by atoms with Gasteiger partial charge >= 0.3 is 5.97 Å². The predicted molar refractivity (Wildman–Crippen MR) is 98.1 cm³/mol. The zero-order valence-corrected chi connectivity index (χ0v) is 16.0. The average molecular weight is 396 g/mol. The maximum Gasteiger partial charge on any atom is 0.338 e. The summed E-state index contributed by atoms with van der Waals surface area (Å²) in [5.41, 5.74) is 1.41. The summed E-state index contributed by atoms with van der Waals surface area (Å²) >= 11 is 5.89. The molecule has 0 saturated heterocycles. The average Bonchev–Trinajstić information content (AvgIpc) is 2.61. The number of ketones is 1. The van der Waals surface area contributed by atoms with Gasteiger partial charge in [-0.2, -0.15) is 0 Å². The predicted octanol–water partition coefficient (Wildman–Crippen LogP) is 2.98. The van der Waals surface area contributed by atoms with E-state index in [4.69, 9.17) is 16.3 Å². The Morgan fingerprint density at radius 3 is 2.23 bits per heavy atom. The van der Waals surface area contributed by atoms with Crippen molar-refractivity contribution in [2.45, 2.75) is 24.8 Å². The van der Waals surface area contributed by atoms with E-state index < -0.39 is 22.1 Å². The lowest BCUT2D eigenvalue weighted by atomic mass is 10.1. The number of nitrogens with one attached hydrogen (secondary N) is 1. The third kappa shape index (κ3) is 4.49. The van der Waals surface area contributed by atoms with Crippen molar-refractivity contribution < 1.29 is 22.7 Å². The van der Waals surface area contributed by atoms with Crippen LogP contribution in [0.5, 0.6) is 0 Å². The molecule has 2 rings (SSSR count). The van der Waals surface area contributed by atoms with Crippen molar-refractivity contribution in [1.82, 2.24) is 4.72 Å². The first-order chi connectivity index (χ1) is 12.2. The highest BCUT2D eigenvalue weighted by Gasteiger charge is 2.23. The van der Waals surface area contributed by atoms with Crippen molar-refractivity contribution in [2.24, 2.45) is 0 Å². The molecule has 1 N–H and O–H groups in total. The van der Waals surface area contributed by atoms with Crippen molar-refractivity contribution in [3.05, 3.63) is 64.2 Å². The number of esters is 1. The molecule has 0 aromatic heterocycles. The highest BCUT2D eigenvalue weighted by atomic mass is 35.5. The number of Topliss-reactive ketones (excluding diaryl/α,β-unsaturated/α-hetero) is 1. The van der Waals surface area contributed by atoms with Crippen LogP contribution in [0.25, 0.3) is 0 Å². The molecule has 26 heavy (non-hydrogen) atoms. The van der Waals surface area contributed by atoms with Crippen molar-refractivity contribution in [2.75, 3.05) is 7.05 Å². The minimum atomic E-state index is -3.83. The standard InChI is InChI=1S/C18H18ClNO5S/c1-11-4-6-13(7-5-11)17(21)12(2)25-18(22)14-8-9-15(19)16(10-14)26(23,24)20-3/h4-10,12,20H,1-3H3/t12-/m1/s1. The number of hydrogen-bond donors (Lipinski definition) is 1. The van der Waals surface area contributed by atoms with Crippen LogP contribution in [0.2, 0.25) is 5.02 Å². The van der Waals surface area contributed by atoms with E-state index in [0.717, 1.165) is 11.6 Å². The van der Waals surface area contributed by atoms with Gasteiger partial charge in [0.15, 0.2) is 6.10 Å². The highest BCUT2D eigenvalue weighted by Crippen LogP contribution is 2.23. The van der Waals surface area contributed by atoms with Crippen LogP contribution in [0.15, 0.2) is 47.4 Å². The third-order valence-electron chi connectivity index (χ3n) is 3.71. The Morgan fingerprint density at radius 1 is 1.08 bits per heavy atom. The summed E-state index contributed by atoms with van der Waals surface area (Å²) in [5.74, 6) is -1.17. The van der Waals surface area contributed by atoms with E-state index in [2.05, 4.69) is 4.72 Å². The molecule has 0 aliphatic heterocycles. The molecule has 2 aromatic rings. The Labute approximate surface area is 157 Å². The van der Waals surface area contributed by atoms with E-state index in [1.165, 1.54) is 26.1 Å². The van der Waals surface area contributed by atoms with E-state index in [-0.39, 0.29) is 21.3 Å². The van der Waals surface area contributed by atoms with Gasteiger partial charge in [0.2, 0.25) is 15.8 Å². The normalized spacial score (nSPS) is 12.5. The largest absolute Gasteiger partial charge is 0.451 e. The number of halogens is 1. The zero-order chi connectivity index (χ0) is 19.5. The number of carbonyl (C=O) groups excluding carboxylic acids is 2. The molecule has 2 aromatic carbocycles. The van der Waals surface area contributed by atoms with Crippen LogP contribution in [-0.4, -0.2) is 33.3 Å². The molecule has 0 aliphatic rings. The maximum absolute atomic E-state index is 12.3. The zero-order valence-electron chi connectivity index (χ0n) is 14.4. The van der Waals surface area contributed by atoms with E-state index in [1.807, 2.05) is 6.92 Å². The number of benzene rings is 2. The lowest BCUT2D eigenvalue weighted by molar-refractivity contribution is 0.0318. The van der Waals surface area contributed by atoms with Gasteiger partial charge in [0.25, 0.3) is 0 Å². The molecule has 0 heterocycles. The number of rotatable bonds is 6. The molecule has 0 bridgehead atoms. The molecule has 0 spiro atoms. The summed E-state index contributed by atoms with van der Waals surface area (Å²) in [6.45, 7) is 3.36. The molecule has 0 radical (unpaired) electrons. The van der Waals surface area contributed by atoms with E-state index in [0.29, 0.717) is 5.56 Å². The van der Waals surface area contributed by atoms with Gasteiger partial charge in [0.1, 0.15) is 4.90 Å². The van der Waals surface area contributed by atoms with Crippen molar-refractivity contribution >= 4 is 33.4 Å². The second-order valence-electron chi connectivity index (χ2n) is 5.63. The van der Waals surface area contributed by atoms with Gasteiger partial charge < -0.3 is 4.74 Å². The molecule has 8 heteroatoms. The van der Waals surface area contributed by atoms with Crippen LogP contribution in [0.4, 0.5) is 0 Å². The number of sulfonamides is 1. The van der Waals surface area contributed by atoms with Crippen LogP contribution >= 0.6 is 11.6 Å². The van der Waals surface area contributed by atoms with E-state index in [1.54, 1.807) is 24.3 Å². The number of aryl methyl sites for hydroxylation is 1. The van der Waals surface area contributed by atoms with Gasteiger partial charge in [-0.15, -0.1) is 0 Å². The number of hydrogen-bond acceptors (Lipinski definition) is 5. The topological polar surface area (TPSA) is 89.5 Å². The Kier molecular flexibility index (Phi) is 6.17. The molecular formula is C18H18ClNO5S. The highest BCUT2D eigenvalue weighted by molar-refractivity contribution is 7.89. The van der Waals surface area contributed by atoms with Crippen LogP contribution in [-0.2, 0) is 14.8 Å². The molecular weight excluding hydrogens is 378 g/mol. The summed E-state index contributed by atoms with van der Waals surface area (Å²) in [7, 11) is -2.60. The molecule has 0 saturated carbocycles. The number of ether oxygens (including phenoxy) is 1. The first kappa shape index (κ1) is 20.1. The minimum absolute atomic E-state index is 0.0215. The van der Waals surface area contributed by atoms with Gasteiger partial charge in [0, 0.05) is 5.56 Å². The second kappa shape index (κ2) is 7.99. The first-order valence-corrected chi connectivity index (χ1v) is 9.57. The van der Waals surface area contributed by atoms with Gasteiger partial charge in [0.05, 0.1) is 10.6 Å². The summed E-state index contributed by atoms with van der Waals surface area (Å²) in [6.07, 6.45) is -1.02. The Balaban J connectivity index is 2.20. The Bertz CT molecular complexity index is 939.